The van der Waals surface area contributed by atoms with E-state index < -0.39 is 5.92 Å². The average Bonchev–Trinajstić information content (AvgIpc) is 2.86. The molecule has 1 unspecified atom stereocenters. The van der Waals surface area contributed by atoms with Gasteiger partial charge in [0.15, 0.2) is 17.3 Å². The zero-order chi connectivity index (χ0) is 26.2. The Hall–Kier alpha value is -4.12. The zero-order valence-electron chi connectivity index (χ0n) is 21.5. The van der Waals surface area contributed by atoms with Crippen molar-refractivity contribution in [3.05, 3.63) is 64.6 Å². The molecule has 0 fully saturated rings. The molecule has 1 aliphatic carbocycles. The summed E-state index contributed by atoms with van der Waals surface area (Å²) in [5, 5.41) is 10.3. The summed E-state index contributed by atoms with van der Waals surface area (Å²) in [4.78, 5) is 15.5. The second-order valence-electron chi connectivity index (χ2n) is 9.61. The van der Waals surface area contributed by atoms with Crippen LogP contribution in [0.4, 0.5) is 5.69 Å². The molecular formula is C28H31N3O5. The first kappa shape index (κ1) is 25.0. The number of nitrogens with two attached hydrogens (primary N) is 1. The molecule has 2 aromatic rings. The molecular weight excluding hydrogens is 458 g/mol. The van der Waals surface area contributed by atoms with Crippen LogP contribution in [0.15, 0.2) is 59.1 Å². The zero-order valence-corrected chi connectivity index (χ0v) is 21.5. The van der Waals surface area contributed by atoms with E-state index in [2.05, 4.69) is 19.9 Å². The van der Waals surface area contributed by atoms with Crippen LogP contribution in [0.5, 0.6) is 23.0 Å². The molecule has 0 saturated carbocycles. The number of nitriles is 1. The Labute approximate surface area is 211 Å². The number of carbonyl (C=O) groups is 1. The summed E-state index contributed by atoms with van der Waals surface area (Å²) >= 11 is 0. The average molecular weight is 490 g/mol. The van der Waals surface area contributed by atoms with Crippen LogP contribution in [0, 0.1) is 16.7 Å². The van der Waals surface area contributed by atoms with Gasteiger partial charge in [0.1, 0.15) is 11.6 Å². The SMILES string of the molecule is COc1ccccc1C1C(C#N)=C(N)N(c2cc(OC)c(OC)c(OC)c2)C2=C1C(=O)CC(C)(C)C2. The van der Waals surface area contributed by atoms with Crippen LogP contribution < -0.4 is 29.6 Å². The highest BCUT2D eigenvalue weighted by Gasteiger charge is 2.45. The molecule has 8 nitrogen and oxygen atoms in total. The third-order valence-electron chi connectivity index (χ3n) is 6.74. The summed E-state index contributed by atoms with van der Waals surface area (Å²) < 4.78 is 22.2. The maximum absolute atomic E-state index is 13.8. The normalized spacial score (nSPS) is 19.0. The number of anilines is 1. The van der Waals surface area contributed by atoms with E-state index in [0.29, 0.717) is 47.1 Å². The van der Waals surface area contributed by atoms with E-state index in [1.54, 1.807) is 24.1 Å². The van der Waals surface area contributed by atoms with Crippen molar-refractivity contribution in [2.24, 2.45) is 11.1 Å². The molecule has 1 heterocycles. The first-order valence-electron chi connectivity index (χ1n) is 11.6. The van der Waals surface area contributed by atoms with Crippen molar-refractivity contribution in [3.8, 4) is 29.1 Å². The second-order valence-corrected chi connectivity index (χ2v) is 9.61. The fraction of sp³-hybridized carbons (Fsp3) is 0.357. The summed E-state index contributed by atoms with van der Waals surface area (Å²) in [6.07, 6.45) is 0.939. The molecule has 188 valence electrons. The van der Waals surface area contributed by atoms with Crippen LogP contribution in [0.2, 0.25) is 0 Å². The minimum atomic E-state index is -0.636. The third kappa shape index (κ3) is 4.01. The fourth-order valence-corrected chi connectivity index (χ4v) is 5.22. The van der Waals surface area contributed by atoms with Crippen molar-refractivity contribution in [1.82, 2.24) is 0 Å². The van der Waals surface area contributed by atoms with Crippen LogP contribution in [0.3, 0.4) is 0 Å². The molecule has 1 atom stereocenters. The number of hydrogen-bond acceptors (Lipinski definition) is 8. The predicted octanol–water partition coefficient (Wildman–Crippen LogP) is 4.66. The van der Waals surface area contributed by atoms with Gasteiger partial charge in [0.05, 0.1) is 51.7 Å². The number of para-hydroxylation sites is 1. The summed E-state index contributed by atoms with van der Waals surface area (Å²) in [6, 6.07) is 13.2. The van der Waals surface area contributed by atoms with E-state index in [9.17, 15) is 10.1 Å². The first-order valence-corrected chi connectivity index (χ1v) is 11.6. The molecule has 4 rings (SSSR count). The maximum atomic E-state index is 13.8. The van der Waals surface area contributed by atoms with Gasteiger partial charge < -0.3 is 24.7 Å². The van der Waals surface area contributed by atoms with Crippen LogP contribution >= 0.6 is 0 Å². The Balaban J connectivity index is 2.05. The maximum Gasteiger partial charge on any atom is 0.203 e. The minimum absolute atomic E-state index is 0.0187. The monoisotopic (exact) mass is 489 g/mol. The number of rotatable bonds is 6. The van der Waals surface area contributed by atoms with E-state index in [0.717, 1.165) is 11.3 Å². The van der Waals surface area contributed by atoms with Gasteiger partial charge in [-0.3, -0.25) is 9.69 Å². The van der Waals surface area contributed by atoms with E-state index in [1.807, 2.05) is 24.3 Å². The third-order valence-corrected chi connectivity index (χ3v) is 6.74. The van der Waals surface area contributed by atoms with Crippen LogP contribution in [-0.4, -0.2) is 34.2 Å². The lowest BCUT2D eigenvalue weighted by Crippen LogP contribution is -2.42. The molecule has 2 N–H and O–H groups in total. The van der Waals surface area contributed by atoms with Gasteiger partial charge in [-0.05, 0) is 17.9 Å². The van der Waals surface area contributed by atoms with Gasteiger partial charge in [0.25, 0.3) is 0 Å². The number of allylic oxidation sites excluding steroid dienone is 3. The molecule has 0 aromatic heterocycles. The van der Waals surface area contributed by atoms with Crippen molar-refractivity contribution >= 4 is 11.5 Å². The molecule has 36 heavy (non-hydrogen) atoms. The van der Waals surface area contributed by atoms with Gasteiger partial charge in [0, 0.05) is 35.4 Å². The Bertz CT molecular complexity index is 1290. The number of benzene rings is 2. The van der Waals surface area contributed by atoms with E-state index >= 15 is 0 Å². The number of nitrogens with zero attached hydrogens (tertiary/aromatic N) is 2. The van der Waals surface area contributed by atoms with Crippen molar-refractivity contribution in [1.29, 1.82) is 5.26 Å². The predicted molar refractivity (Wildman–Crippen MR) is 136 cm³/mol. The standard InChI is InChI=1S/C28H31N3O5/c1-28(2)13-19-25(20(32)14-28)24(17-9-7-8-10-21(17)33-3)18(15-29)27(30)31(19)16-11-22(34-4)26(36-6)23(12-16)35-5/h7-12,24H,13-14,30H2,1-6H3. The number of methoxy groups -OCH3 is 4. The topological polar surface area (TPSA) is 107 Å². The Morgan fingerprint density at radius 3 is 2.14 bits per heavy atom. The molecule has 8 heteroatoms. The van der Waals surface area contributed by atoms with Crippen molar-refractivity contribution in [2.75, 3.05) is 33.3 Å². The highest BCUT2D eigenvalue weighted by atomic mass is 16.5. The number of ketones is 1. The fourth-order valence-electron chi connectivity index (χ4n) is 5.22. The largest absolute Gasteiger partial charge is 0.496 e. The molecule has 0 saturated heterocycles. The first-order chi connectivity index (χ1) is 17.2. The van der Waals surface area contributed by atoms with Gasteiger partial charge in [-0.1, -0.05) is 32.0 Å². The Kier molecular flexibility index (Phi) is 6.59. The lowest BCUT2D eigenvalue weighted by atomic mass is 9.68. The Morgan fingerprint density at radius 2 is 1.58 bits per heavy atom. The molecule has 2 aromatic carbocycles. The van der Waals surface area contributed by atoms with Crippen molar-refractivity contribution in [2.45, 2.75) is 32.6 Å². The van der Waals surface area contributed by atoms with Crippen LogP contribution in [0.1, 0.15) is 38.2 Å². The van der Waals surface area contributed by atoms with Gasteiger partial charge >= 0.3 is 0 Å². The van der Waals surface area contributed by atoms with E-state index in [1.165, 1.54) is 21.3 Å². The van der Waals surface area contributed by atoms with E-state index in [-0.39, 0.29) is 22.6 Å². The highest BCUT2D eigenvalue weighted by molar-refractivity contribution is 6.02. The number of hydrogen-bond donors (Lipinski definition) is 1. The minimum Gasteiger partial charge on any atom is -0.496 e. The van der Waals surface area contributed by atoms with Gasteiger partial charge in [0.2, 0.25) is 5.75 Å². The lowest BCUT2D eigenvalue weighted by Gasteiger charge is -2.44. The van der Waals surface area contributed by atoms with Crippen molar-refractivity contribution in [3.63, 3.8) is 0 Å². The summed E-state index contributed by atoms with van der Waals surface area (Å²) in [5.41, 5.74) is 9.37. The van der Waals surface area contributed by atoms with Crippen LogP contribution in [-0.2, 0) is 4.79 Å². The summed E-state index contributed by atoms with van der Waals surface area (Å²) in [6.45, 7) is 4.11. The molecule has 2 aliphatic rings. The molecule has 0 bridgehead atoms. The molecule has 0 radical (unpaired) electrons. The lowest BCUT2D eigenvalue weighted by molar-refractivity contribution is -0.118. The second kappa shape index (κ2) is 9.50. The number of carbonyl (C=O) groups excluding carboxylic acids is 1. The van der Waals surface area contributed by atoms with Gasteiger partial charge in [-0.2, -0.15) is 5.26 Å². The number of Topliss-reactive ketones (excluding diaryl/α,β-unsaturated/α-hetero) is 1. The van der Waals surface area contributed by atoms with Crippen LogP contribution in [0.25, 0.3) is 0 Å². The van der Waals surface area contributed by atoms with Crippen molar-refractivity contribution < 1.29 is 23.7 Å². The van der Waals surface area contributed by atoms with Gasteiger partial charge in [-0.25, -0.2) is 0 Å². The smallest absolute Gasteiger partial charge is 0.203 e. The molecule has 0 amide bonds. The highest BCUT2D eigenvalue weighted by Crippen LogP contribution is 2.52. The summed E-state index contributed by atoms with van der Waals surface area (Å²) in [5.74, 6) is 1.49. The quantitative estimate of drug-likeness (QED) is 0.624. The molecule has 0 spiro atoms. The Morgan fingerprint density at radius 1 is 0.972 bits per heavy atom. The summed E-state index contributed by atoms with van der Waals surface area (Å²) in [7, 11) is 6.17. The molecule has 1 aliphatic heterocycles. The van der Waals surface area contributed by atoms with E-state index in [4.69, 9.17) is 24.7 Å². The van der Waals surface area contributed by atoms with Gasteiger partial charge in [-0.15, -0.1) is 0 Å². The number of ether oxygens (including phenoxy) is 4.